The van der Waals surface area contributed by atoms with Crippen molar-refractivity contribution in [3.8, 4) is 11.1 Å². The van der Waals surface area contributed by atoms with E-state index in [0.29, 0.717) is 17.4 Å². The van der Waals surface area contributed by atoms with Gasteiger partial charge in [0.25, 0.3) is 0 Å². The lowest BCUT2D eigenvalue weighted by Gasteiger charge is -2.40. The van der Waals surface area contributed by atoms with Crippen molar-refractivity contribution < 1.29 is 9.00 Å². The first-order valence-corrected chi connectivity index (χ1v) is 12.4. The van der Waals surface area contributed by atoms with E-state index in [2.05, 4.69) is 22.9 Å². The third kappa shape index (κ3) is 3.99. The van der Waals surface area contributed by atoms with Gasteiger partial charge in [-0.15, -0.1) is 0 Å². The van der Waals surface area contributed by atoms with E-state index in [1.165, 1.54) is 0 Å². The van der Waals surface area contributed by atoms with Gasteiger partial charge >= 0.3 is 0 Å². The Morgan fingerprint density at radius 2 is 2.03 bits per heavy atom. The van der Waals surface area contributed by atoms with Crippen molar-refractivity contribution in [3.05, 3.63) is 35.0 Å². The van der Waals surface area contributed by atoms with Crippen LogP contribution in [-0.4, -0.2) is 39.4 Å². The number of anilines is 2. The predicted molar refractivity (Wildman–Crippen MR) is 126 cm³/mol. The largest absolute Gasteiger partial charge is 0.382 e. The summed E-state index contributed by atoms with van der Waals surface area (Å²) in [5.41, 5.74) is 9.67. The first-order valence-electron chi connectivity index (χ1n) is 10.9. The summed E-state index contributed by atoms with van der Waals surface area (Å²) in [6.45, 7) is 7.03. The molecule has 31 heavy (non-hydrogen) atoms. The van der Waals surface area contributed by atoms with Crippen LogP contribution in [0, 0.1) is 5.41 Å². The van der Waals surface area contributed by atoms with Gasteiger partial charge in [-0.2, -0.15) is 0 Å². The molecule has 3 heterocycles. The molecule has 0 bridgehead atoms. The van der Waals surface area contributed by atoms with E-state index in [1.54, 1.807) is 6.20 Å². The molecule has 166 valence electrons. The Balaban J connectivity index is 1.70. The molecule has 1 saturated heterocycles. The number of aromatic nitrogens is 1. The molecule has 8 heteroatoms. The van der Waals surface area contributed by atoms with Crippen LogP contribution < -0.4 is 10.6 Å². The van der Waals surface area contributed by atoms with Crippen LogP contribution in [0.4, 0.5) is 11.5 Å². The Morgan fingerprint density at radius 1 is 1.29 bits per heavy atom. The fourth-order valence-corrected chi connectivity index (χ4v) is 6.34. The lowest BCUT2D eigenvalue weighted by Crippen LogP contribution is -2.41. The zero-order valence-electron chi connectivity index (χ0n) is 18.1. The number of carbonyl (C=O) groups is 1. The summed E-state index contributed by atoms with van der Waals surface area (Å²) in [6.07, 6.45) is 6.44. The van der Waals surface area contributed by atoms with Gasteiger partial charge in [-0.05, 0) is 42.5 Å². The number of aldehydes is 1. The number of nitrogen functional groups attached to an aromatic ring is 1. The van der Waals surface area contributed by atoms with Gasteiger partial charge in [0.15, 0.2) is 0 Å². The standard InChI is InChI=1S/C23H29ClN4O2S/c1-3-7-23(15-29)8-10-27(11-9-23)21-18(13-26-22(25)20(21)24)16-5-6-19-17(12-16)14-28(4-2)31(19)30/h5-6,12-13,15H,3-4,7-11,14H2,1-2H3,(H2,25,26). The maximum Gasteiger partial charge on any atom is 0.144 e. The smallest absolute Gasteiger partial charge is 0.144 e. The first kappa shape index (κ1) is 22.2. The lowest BCUT2D eigenvalue weighted by molar-refractivity contribution is -0.117. The highest BCUT2D eigenvalue weighted by molar-refractivity contribution is 7.83. The maximum absolute atomic E-state index is 12.6. The second kappa shape index (κ2) is 8.88. The van der Waals surface area contributed by atoms with Crippen LogP contribution in [0.5, 0.6) is 0 Å². The van der Waals surface area contributed by atoms with Crippen molar-refractivity contribution >= 4 is 40.4 Å². The molecule has 2 aliphatic rings. The van der Waals surface area contributed by atoms with E-state index in [1.807, 2.05) is 23.4 Å². The zero-order chi connectivity index (χ0) is 22.2. The minimum Gasteiger partial charge on any atom is -0.382 e. The predicted octanol–water partition coefficient (Wildman–Crippen LogP) is 4.43. The van der Waals surface area contributed by atoms with Crippen LogP contribution in [0.1, 0.15) is 45.1 Å². The minimum atomic E-state index is -1.10. The van der Waals surface area contributed by atoms with E-state index < -0.39 is 11.0 Å². The Labute approximate surface area is 191 Å². The Hall–Kier alpha value is -1.96. The lowest BCUT2D eigenvalue weighted by atomic mass is 9.76. The molecule has 0 aliphatic carbocycles. The second-order valence-electron chi connectivity index (χ2n) is 8.46. The van der Waals surface area contributed by atoms with E-state index in [-0.39, 0.29) is 5.41 Å². The Kier molecular flexibility index (Phi) is 6.37. The monoisotopic (exact) mass is 460 g/mol. The molecule has 1 aromatic carbocycles. The van der Waals surface area contributed by atoms with Gasteiger partial charge in [0.1, 0.15) is 28.1 Å². The normalized spacial score (nSPS) is 20.6. The topological polar surface area (TPSA) is 79.5 Å². The van der Waals surface area contributed by atoms with Crippen molar-refractivity contribution in [2.45, 2.75) is 51.0 Å². The molecule has 0 saturated carbocycles. The molecular formula is C23H29ClN4O2S. The zero-order valence-corrected chi connectivity index (χ0v) is 19.6. The SMILES string of the molecule is CCCC1(C=O)CCN(c2c(-c3ccc4c(c3)CN(CC)S4=O)cnc(N)c2Cl)CC1. The number of carbonyl (C=O) groups excluding carboxylic acids is 1. The van der Waals surface area contributed by atoms with Gasteiger partial charge < -0.3 is 15.4 Å². The van der Waals surface area contributed by atoms with Gasteiger partial charge in [0, 0.05) is 43.4 Å². The van der Waals surface area contributed by atoms with E-state index in [0.717, 1.165) is 78.9 Å². The molecule has 1 aromatic heterocycles. The number of piperidine rings is 1. The molecule has 0 radical (unpaired) electrons. The Bertz CT molecular complexity index is 1020. The Morgan fingerprint density at radius 3 is 2.68 bits per heavy atom. The molecule has 1 atom stereocenters. The number of benzene rings is 1. The average Bonchev–Trinajstić information content (AvgIpc) is 3.11. The highest BCUT2D eigenvalue weighted by atomic mass is 35.5. The van der Waals surface area contributed by atoms with E-state index in [9.17, 15) is 9.00 Å². The van der Waals surface area contributed by atoms with Gasteiger partial charge in [0.2, 0.25) is 0 Å². The summed E-state index contributed by atoms with van der Waals surface area (Å²) >= 11 is 6.68. The summed E-state index contributed by atoms with van der Waals surface area (Å²) in [5.74, 6) is 0.306. The quantitative estimate of drug-likeness (QED) is 0.645. The molecule has 1 fully saturated rings. The van der Waals surface area contributed by atoms with E-state index >= 15 is 0 Å². The minimum absolute atomic E-state index is 0.238. The van der Waals surface area contributed by atoms with Crippen LogP contribution in [0.25, 0.3) is 11.1 Å². The third-order valence-corrected chi connectivity index (χ3v) is 8.59. The van der Waals surface area contributed by atoms with Crippen LogP contribution in [0.2, 0.25) is 5.02 Å². The summed E-state index contributed by atoms with van der Waals surface area (Å²) in [7, 11) is -1.10. The number of nitrogens with zero attached hydrogens (tertiary/aromatic N) is 3. The molecule has 6 nitrogen and oxygen atoms in total. The number of halogens is 1. The molecule has 2 N–H and O–H groups in total. The highest BCUT2D eigenvalue weighted by Gasteiger charge is 2.35. The van der Waals surface area contributed by atoms with Gasteiger partial charge in [-0.25, -0.2) is 13.5 Å². The molecule has 0 amide bonds. The highest BCUT2D eigenvalue weighted by Crippen LogP contribution is 2.44. The fraction of sp³-hybridized carbons (Fsp3) is 0.478. The van der Waals surface area contributed by atoms with Crippen LogP contribution in [0.3, 0.4) is 0 Å². The van der Waals surface area contributed by atoms with Crippen molar-refractivity contribution in [2.75, 3.05) is 30.3 Å². The number of hydrogen-bond donors (Lipinski definition) is 1. The van der Waals surface area contributed by atoms with Gasteiger partial charge in [0.05, 0.1) is 10.6 Å². The van der Waals surface area contributed by atoms with E-state index in [4.69, 9.17) is 17.3 Å². The third-order valence-electron chi connectivity index (χ3n) is 6.59. The summed E-state index contributed by atoms with van der Waals surface area (Å²) < 4.78 is 14.5. The summed E-state index contributed by atoms with van der Waals surface area (Å²) in [5, 5.41) is 0.450. The average molecular weight is 461 g/mol. The molecular weight excluding hydrogens is 432 g/mol. The van der Waals surface area contributed by atoms with Crippen molar-refractivity contribution in [1.82, 2.24) is 9.29 Å². The van der Waals surface area contributed by atoms with Crippen LogP contribution >= 0.6 is 11.6 Å². The van der Waals surface area contributed by atoms with Crippen molar-refractivity contribution in [1.29, 1.82) is 0 Å². The van der Waals surface area contributed by atoms with Gasteiger partial charge in [-0.1, -0.05) is 37.9 Å². The molecule has 4 rings (SSSR count). The summed E-state index contributed by atoms with van der Waals surface area (Å²) in [4.78, 5) is 19.2. The summed E-state index contributed by atoms with van der Waals surface area (Å²) in [6, 6.07) is 6.02. The molecule has 2 aliphatic heterocycles. The molecule has 2 aromatic rings. The van der Waals surface area contributed by atoms with Crippen LogP contribution in [-0.2, 0) is 22.3 Å². The fourth-order valence-electron chi connectivity index (χ4n) is 4.77. The van der Waals surface area contributed by atoms with Crippen LogP contribution in [0.15, 0.2) is 29.3 Å². The molecule has 1 unspecified atom stereocenters. The van der Waals surface area contributed by atoms with Crippen molar-refractivity contribution in [2.24, 2.45) is 5.41 Å². The number of fused-ring (bicyclic) bond motifs is 1. The maximum atomic E-state index is 12.6. The second-order valence-corrected chi connectivity index (χ2v) is 10.3. The first-order chi connectivity index (χ1) is 14.9. The number of nitrogens with two attached hydrogens (primary N) is 1. The van der Waals surface area contributed by atoms with Crippen molar-refractivity contribution in [3.63, 3.8) is 0 Å². The van der Waals surface area contributed by atoms with Gasteiger partial charge in [-0.3, -0.25) is 0 Å². The molecule has 0 spiro atoms. The number of pyridine rings is 1. The number of rotatable bonds is 6. The number of hydrogen-bond acceptors (Lipinski definition) is 5.